The average Bonchev–Trinajstić information content (AvgIpc) is 0.781. The molecule has 3 rings (SSSR count). The van der Waals surface area contributed by atoms with Gasteiger partial charge in [0.1, 0.15) is 73.2 Å². The molecule has 105 heavy (non-hydrogen) atoms. The average molecular weight is 1490 g/mol. The molecule has 0 spiro atoms. The van der Waals surface area contributed by atoms with Crippen LogP contribution in [0.1, 0.15) is 322 Å². The summed E-state index contributed by atoms with van der Waals surface area (Å²) in [5.74, 6) is -0.287. The molecule has 0 aromatic heterocycles. The van der Waals surface area contributed by atoms with E-state index in [2.05, 4.69) is 92.1 Å². The molecule has 19 heteroatoms. The van der Waals surface area contributed by atoms with E-state index in [-0.39, 0.29) is 18.9 Å². The van der Waals surface area contributed by atoms with Gasteiger partial charge in [-0.15, -0.1) is 0 Å². The van der Waals surface area contributed by atoms with Crippen LogP contribution in [0.25, 0.3) is 0 Å². The van der Waals surface area contributed by atoms with Crippen LogP contribution < -0.4 is 5.32 Å². The number of hydrogen-bond donors (Lipinski definition) is 12. The van der Waals surface area contributed by atoms with Crippen LogP contribution in [0.3, 0.4) is 0 Å². The maximum atomic E-state index is 13.5. The van der Waals surface area contributed by atoms with Gasteiger partial charge in [0.05, 0.1) is 38.6 Å². The minimum atomic E-state index is -1.99. The van der Waals surface area contributed by atoms with Gasteiger partial charge in [0.2, 0.25) is 5.91 Å². The predicted molar refractivity (Wildman–Crippen MR) is 420 cm³/mol. The lowest BCUT2D eigenvalue weighted by Gasteiger charge is -2.48. The zero-order chi connectivity index (χ0) is 76.0. The third-order valence-electron chi connectivity index (χ3n) is 20.7. The second-order valence-electron chi connectivity index (χ2n) is 29.9. The van der Waals surface area contributed by atoms with Crippen molar-refractivity contribution in [3.05, 3.63) is 85.1 Å². The Kier molecular flexibility index (Phi) is 60.1. The van der Waals surface area contributed by atoms with Crippen molar-refractivity contribution in [2.24, 2.45) is 0 Å². The molecule has 3 saturated heterocycles. The lowest BCUT2D eigenvalue weighted by atomic mass is 9.96. The lowest BCUT2D eigenvalue weighted by Crippen LogP contribution is -2.66. The number of nitrogens with one attached hydrogen (secondary N) is 1. The Morgan fingerprint density at radius 3 is 1.07 bits per heavy atom. The molecular formula is C86H153NO18. The fourth-order valence-electron chi connectivity index (χ4n) is 13.9. The molecule has 3 aliphatic heterocycles. The number of aliphatic hydroxyl groups is 11. The van der Waals surface area contributed by atoms with E-state index in [9.17, 15) is 61.0 Å². The predicted octanol–water partition coefficient (Wildman–Crippen LogP) is 15.0. The Morgan fingerprint density at radius 1 is 0.352 bits per heavy atom. The largest absolute Gasteiger partial charge is 0.394 e. The number of carbonyl (C=O) groups excluding carboxylic acids is 1. The van der Waals surface area contributed by atoms with Gasteiger partial charge in [-0.25, -0.2) is 0 Å². The zero-order valence-corrected chi connectivity index (χ0v) is 65.4. The quantitative estimate of drug-likeness (QED) is 0.0199. The highest BCUT2D eigenvalue weighted by Crippen LogP contribution is 2.33. The molecule has 17 atom stereocenters. The maximum absolute atomic E-state index is 13.5. The fraction of sp³-hybridized carbons (Fsp3) is 0.826. The molecule has 1 amide bonds. The van der Waals surface area contributed by atoms with E-state index in [0.29, 0.717) is 12.8 Å². The summed E-state index contributed by atoms with van der Waals surface area (Å²) >= 11 is 0. The van der Waals surface area contributed by atoms with Crippen LogP contribution in [0.5, 0.6) is 0 Å². The Hall–Kier alpha value is -3.03. The molecular weight excluding hydrogens is 1330 g/mol. The highest BCUT2D eigenvalue weighted by molar-refractivity contribution is 5.76. The first kappa shape index (κ1) is 96.2. The van der Waals surface area contributed by atoms with E-state index in [0.717, 1.165) is 70.6 Å². The van der Waals surface area contributed by atoms with Crippen LogP contribution in [0, 0.1) is 0 Å². The van der Waals surface area contributed by atoms with E-state index < -0.39 is 124 Å². The third kappa shape index (κ3) is 45.2. The number of ether oxygens (including phenoxy) is 6. The first-order valence-electron chi connectivity index (χ1n) is 42.3. The van der Waals surface area contributed by atoms with Gasteiger partial charge in [-0.2, -0.15) is 0 Å². The van der Waals surface area contributed by atoms with E-state index in [1.165, 1.54) is 218 Å². The van der Waals surface area contributed by atoms with E-state index in [1.54, 1.807) is 6.08 Å². The van der Waals surface area contributed by atoms with Crippen LogP contribution in [-0.2, 0) is 33.2 Å². The van der Waals surface area contributed by atoms with Crippen molar-refractivity contribution in [1.82, 2.24) is 5.32 Å². The van der Waals surface area contributed by atoms with E-state index in [1.807, 2.05) is 6.08 Å². The monoisotopic (exact) mass is 1490 g/mol. The maximum Gasteiger partial charge on any atom is 0.220 e. The Labute approximate surface area is 635 Å². The van der Waals surface area contributed by atoms with Crippen molar-refractivity contribution in [2.45, 2.75) is 426 Å². The zero-order valence-electron chi connectivity index (χ0n) is 65.4. The SMILES string of the molecule is CC/C=C\C/C=C\C/C=C\C/C=C\CCCCCCCCCCCCCCCCCCCCC(=O)NC(COC1OC(CO)C(OC2OC(CO)C(OC3OC(CO)C(O)C(O)C3O)C(O)C2O)C(O)C1O)C(O)/C=C/CC/C=C/CC/C=C/CCCCCCCCCCCCCCCCCCCCC. The van der Waals surface area contributed by atoms with Crippen LogP contribution in [0.15, 0.2) is 85.1 Å². The van der Waals surface area contributed by atoms with Gasteiger partial charge in [-0.3, -0.25) is 4.79 Å². The Bertz CT molecular complexity index is 2230. The standard InChI is InChI=1S/C86H153NO18/c1-3-5-7-9-11-13-15-17-19-21-23-25-27-29-31-33-34-36-38-40-42-44-46-48-50-52-54-56-58-60-62-64-74(92)87-69(70(91)63-61-59-57-55-53-51-49-47-45-43-41-39-37-35-32-30-28-26-24-22-20-18-16-14-12-10-8-6-4-2)68-100-84-80(98)77(95)82(72(66-89)102-84)105-86-81(99)78(96)83(73(67-90)103-86)104-85-79(97)76(94)75(93)71(65-88)101-85/h5,7,11,13,17,19,23,25,45,47,53,55,61,63,69-73,75-86,88-91,93-99H,3-4,6,8-10,12,14-16,18,20-22,24,26-44,46,48-52,54,56-60,62,64-68H2,1-2H3,(H,87,92)/b7-5-,13-11-,19-17-,25-23-,47-45+,55-53+,63-61+. The van der Waals surface area contributed by atoms with E-state index in [4.69, 9.17) is 28.4 Å². The van der Waals surface area contributed by atoms with Gasteiger partial charge >= 0.3 is 0 Å². The second kappa shape index (κ2) is 65.7. The summed E-state index contributed by atoms with van der Waals surface area (Å²) < 4.78 is 34.5. The smallest absolute Gasteiger partial charge is 0.220 e. The summed E-state index contributed by atoms with van der Waals surface area (Å²) in [7, 11) is 0. The minimum absolute atomic E-state index is 0.230. The van der Waals surface area contributed by atoms with Gasteiger partial charge in [0.15, 0.2) is 18.9 Å². The van der Waals surface area contributed by atoms with Gasteiger partial charge < -0.3 is 89.9 Å². The first-order chi connectivity index (χ1) is 51.3. The van der Waals surface area contributed by atoms with Crippen LogP contribution >= 0.6 is 0 Å². The number of carbonyl (C=O) groups is 1. The molecule has 0 saturated carbocycles. The van der Waals surface area contributed by atoms with E-state index >= 15 is 0 Å². The third-order valence-corrected chi connectivity index (χ3v) is 20.7. The number of unbranched alkanes of at least 4 members (excludes halogenated alkanes) is 39. The molecule has 610 valence electrons. The molecule has 0 aromatic carbocycles. The van der Waals surface area contributed by atoms with Crippen molar-refractivity contribution in [1.29, 1.82) is 0 Å². The molecule has 0 aromatic rings. The Balaban J connectivity index is 1.37. The van der Waals surface area contributed by atoms with Crippen LogP contribution in [0.4, 0.5) is 0 Å². The minimum Gasteiger partial charge on any atom is -0.394 e. The number of rotatable bonds is 67. The summed E-state index contributed by atoms with van der Waals surface area (Å²) in [5, 5.41) is 121. The lowest BCUT2D eigenvalue weighted by molar-refractivity contribution is -0.379. The number of amides is 1. The van der Waals surface area contributed by atoms with Gasteiger partial charge in [0.25, 0.3) is 0 Å². The highest BCUT2D eigenvalue weighted by Gasteiger charge is 2.54. The van der Waals surface area contributed by atoms with Crippen LogP contribution in [0.2, 0.25) is 0 Å². The summed E-state index contributed by atoms with van der Waals surface area (Å²) in [4.78, 5) is 13.5. The Morgan fingerprint density at radius 2 is 0.667 bits per heavy atom. The number of allylic oxidation sites excluding steroid dienone is 13. The highest BCUT2D eigenvalue weighted by atomic mass is 16.8. The molecule has 17 unspecified atom stereocenters. The summed E-state index contributed by atoms with van der Waals surface area (Å²) in [6.07, 6.45) is 61.5. The van der Waals surface area contributed by atoms with Crippen molar-refractivity contribution >= 4 is 5.91 Å². The molecule has 0 bridgehead atoms. The van der Waals surface area contributed by atoms with Gasteiger partial charge in [-0.05, 0) is 83.5 Å². The molecule has 0 aliphatic carbocycles. The van der Waals surface area contributed by atoms with Crippen molar-refractivity contribution in [3.63, 3.8) is 0 Å². The second-order valence-corrected chi connectivity index (χ2v) is 29.9. The number of aliphatic hydroxyl groups excluding tert-OH is 11. The summed E-state index contributed by atoms with van der Waals surface area (Å²) in [5.41, 5.74) is 0. The number of hydrogen-bond acceptors (Lipinski definition) is 18. The first-order valence-corrected chi connectivity index (χ1v) is 42.3. The molecule has 0 radical (unpaired) electrons. The summed E-state index contributed by atoms with van der Waals surface area (Å²) in [6.45, 7) is 1.64. The molecule has 3 aliphatic rings. The van der Waals surface area contributed by atoms with Gasteiger partial charge in [-0.1, -0.05) is 317 Å². The van der Waals surface area contributed by atoms with Crippen molar-refractivity contribution in [2.75, 3.05) is 26.4 Å². The topological polar surface area (TPSA) is 307 Å². The molecule has 3 fully saturated rings. The summed E-state index contributed by atoms with van der Waals surface area (Å²) in [6, 6.07) is -1.00. The molecule has 12 N–H and O–H groups in total. The molecule has 19 nitrogen and oxygen atoms in total. The van der Waals surface area contributed by atoms with Crippen molar-refractivity contribution < 1.29 is 89.4 Å². The van der Waals surface area contributed by atoms with Crippen molar-refractivity contribution in [3.8, 4) is 0 Å². The van der Waals surface area contributed by atoms with Gasteiger partial charge in [0, 0.05) is 6.42 Å². The van der Waals surface area contributed by atoms with Crippen LogP contribution in [-0.4, -0.2) is 193 Å². The normalized spacial score (nSPS) is 26.2. The molecule has 3 heterocycles. The fourth-order valence-corrected chi connectivity index (χ4v) is 13.9.